The third-order valence-electron chi connectivity index (χ3n) is 6.57. The van der Waals surface area contributed by atoms with Gasteiger partial charge in [0.2, 0.25) is 15.9 Å². The van der Waals surface area contributed by atoms with Crippen molar-refractivity contribution in [3.8, 4) is 0 Å². The Bertz CT molecular complexity index is 776. The highest BCUT2D eigenvalue weighted by Crippen LogP contribution is 2.39. The Morgan fingerprint density at radius 1 is 0.963 bits per heavy atom. The molecule has 1 aromatic carbocycles. The molecule has 1 heterocycles. The van der Waals surface area contributed by atoms with Gasteiger partial charge >= 0.3 is 0 Å². The molecule has 3 aliphatic rings. The highest BCUT2D eigenvalue weighted by atomic mass is 32.2. The predicted octanol–water partition coefficient (Wildman–Crippen LogP) is 3.22. The molecule has 2 atom stereocenters. The maximum Gasteiger partial charge on any atom is 0.243 e. The summed E-state index contributed by atoms with van der Waals surface area (Å²) < 4.78 is 27.5. The molecule has 0 radical (unpaired) electrons. The Labute approximate surface area is 162 Å². The van der Waals surface area contributed by atoms with E-state index in [9.17, 15) is 13.2 Å². The lowest BCUT2D eigenvalue weighted by atomic mass is 9.84. The van der Waals surface area contributed by atoms with Gasteiger partial charge in [-0.05, 0) is 48.8 Å². The van der Waals surface area contributed by atoms with E-state index in [-0.39, 0.29) is 11.8 Å². The molecule has 3 fully saturated rings. The van der Waals surface area contributed by atoms with Gasteiger partial charge in [0.25, 0.3) is 0 Å². The van der Waals surface area contributed by atoms with Crippen molar-refractivity contribution in [1.82, 2.24) is 9.21 Å². The molecule has 5 nitrogen and oxygen atoms in total. The molecular weight excluding hydrogens is 360 g/mol. The summed E-state index contributed by atoms with van der Waals surface area (Å²) in [5.41, 5.74) is 1.27. The highest BCUT2D eigenvalue weighted by molar-refractivity contribution is 7.89. The molecule has 27 heavy (non-hydrogen) atoms. The summed E-state index contributed by atoms with van der Waals surface area (Å²) in [7, 11) is -3.48. The van der Waals surface area contributed by atoms with Crippen LogP contribution in [0.2, 0.25) is 0 Å². The van der Waals surface area contributed by atoms with Gasteiger partial charge in [-0.3, -0.25) is 4.79 Å². The molecule has 0 aromatic heterocycles. The van der Waals surface area contributed by atoms with E-state index in [0.29, 0.717) is 42.9 Å². The number of hydrogen-bond donors (Lipinski definition) is 0. The van der Waals surface area contributed by atoms with Crippen molar-refractivity contribution in [3.05, 3.63) is 29.8 Å². The van der Waals surface area contributed by atoms with Crippen LogP contribution < -0.4 is 0 Å². The van der Waals surface area contributed by atoms with Crippen molar-refractivity contribution in [1.29, 1.82) is 0 Å². The molecule has 0 unspecified atom stereocenters. The molecule has 1 saturated heterocycles. The van der Waals surface area contributed by atoms with E-state index in [1.54, 1.807) is 12.1 Å². The molecule has 1 aromatic rings. The van der Waals surface area contributed by atoms with Crippen LogP contribution in [-0.2, 0) is 14.8 Å². The van der Waals surface area contributed by atoms with Crippen molar-refractivity contribution >= 4 is 15.9 Å². The monoisotopic (exact) mass is 390 g/mol. The Morgan fingerprint density at radius 2 is 1.56 bits per heavy atom. The third kappa shape index (κ3) is 3.92. The van der Waals surface area contributed by atoms with E-state index in [2.05, 4.69) is 6.92 Å². The Balaban J connectivity index is 1.39. The molecule has 0 bridgehead atoms. The topological polar surface area (TPSA) is 57.7 Å². The summed E-state index contributed by atoms with van der Waals surface area (Å²) in [6.45, 7) is 3.88. The minimum atomic E-state index is -3.48. The number of benzene rings is 1. The lowest BCUT2D eigenvalue weighted by molar-refractivity contribution is -0.134. The van der Waals surface area contributed by atoms with Gasteiger partial charge in [0.1, 0.15) is 0 Å². The molecule has 0 spiro atoms. The second kappa shape index (κ2) is 7.55. The zero-order chi connectivity index (χ0) is 19.0. The first-order chi connectivity index (χ1) is 13.0. The van der Waals surface area contributed by atoms with Crippen molar-refractivity contribution < 1.29 is 13.2 Å². The van der Waals surface area contributed by atoms with Gasteiger partial charge < -0.3 is 4.90 Å². The number of sulfonamides is 1. The van der Waals surface area contributed by atoms with Crippen LogP contribution in [0.15, 0.2) is 29.2 Å². The van der Waals surface area contributed by atoms with E-state index >= 15 is 0 Å². The Hall–Kier alpha value is -1.40. The lowest BCUT2D eigenvalue weighted by Gasteiger charge is -2.34. The third-order valence-corrected chi connectivity index (χ3v) is 8.48. The number of hydrogen-bond acceptors (Lipinski definition) is 3. The van der Waals surface area contributed by atoms with Gasteiger partial charge in [-0.2, -0.15) is 4.31 Å². The van der Waals surface area contributed by atoms with Gasteiger partial charge in [0.05, 0.1) is 4.90 Å². The fraction of sp³-hybridized carbons (Fsp3) is 0.667. The summed E-state index contributed by atoms with van der Waals surface area (Å²) >= 11 is 0. The van der Waals surface area contributed by atoms with Gasteiger partial charge in [0.15, 0.2) is 0 Å². The molecule has 2 aliphatic carbocycles. The normalized spacial score (nSPS) is 27.5. The minimum Gasteiger partial charge on any atom is -0.340 e. The number of carbonyl (C=O) groups is 1. The molecule has 0 N–H and O–H groups in total. The number of carbonyl (C=O) groups excluding carboxylic acids is 1. The van der Waals surface area contributed by atoms with Crippen LogP contribution in [0.1, 0.15) is 56.9 Å². The fourth-order valence-electron chi connectivity index (χ4n) is 4.55. The van der Waals surface area contributed by atoms with E-state index in [1.165, 1.54) is 42.0 Å². The number of nitrogens with zero attached hydrogens (tertiary/aromatic N) is 2. The average molecular weight is 391 g/mol. The van der Waals surface area contributed by atoms with Gasteiger partial charge in [-0.25, -0.2) is 8.42 Å². The first-order valence-electron chi connectivity index (χ1n) is 10.4. The van der Waals surface area contributed by atoms with Crippen molar-refractivity contribution in [2.75, 3.05) is 26.2 Å². The molecule has 148 valence electrons. The second-order valence-corrected chi connectivity index (χ2v) is 10.4. The first kappa shape index (κ1) is 18.9. The lowest BCUT2D eigenvalue weighted by Crippen LogP contribution is -2.51. The van der Waals surface area contributed by atoms with Crippen LogP contribution in [0.3, 0.4) is 0 Å². The van der Waals surface area contributed by atoms with E-state index in [0.717, 1.165) is 6.42 Å². The maximum atomic E-state index is 13.0. The maximum absolute atomic E-state index is 13.0. The summed E-state index contributed by atoms with van der Waals surface area (Å²) in [4.78, 5) is 14.6. The highest BCUT2D eigenvalue weighted by Gasteiger charge is 2.42. The standard InChI is InChI=1S/C21H30N2O3S/c1-16-15-20(16)21(24)22-11-13-23(14-12-22)27(25,26)19-9-7-18(8-10-19)17-5-3-2-4-6-17/h7-10,16-17,20H,2-6,11-15H2,1H3/t16-,20+/m1/s1. The second-order valence-electron chi connectivity index (χ2n) is 8.45. The molecule has 4 rings (SSSR count). The number of rotatable bonds is 4. The first-order valence-corrected chi connectivity index (χ1v) is 11.8. The molecule has 1 aliphatic heterocycles. The number of amides is 1. The predicted molar refractivity (Wildman–Crippen MR) is 105 cm³/mol. The van der Waals surface area contributed by atoms with Crippen LogP contribution >= 0.6 is 0 Å². The SMILES string of the molecule is C[C@@H]1C[C@@H]1C(=O)N1CCN(S(=O)(=O)c2ccc(C3CCCCC3)cc2)CC1. The molecule has 6 heteroatoms. The molecule has 2 saturated carbocycles. The van der Waals surface area contributed by atoms with Crippen LogP contribution in [0.25, 0.3) is 0 Å². The number of piperazine rings is 1. The van der Waals surface area contributed by atoms with Crippen LogP contribution in [0, 0.1) is 11.8 Å². The average Bonchev–Trinajstić information content (AvgIpc) is 3.45. The zero-order valence-corrected chi connectivity index (χ0v) is 17.0. The Morgan fingerprint density at radius 3 is 2.11 bits per heavy atom. The van der Waals surface area contributed by atoms with Gasteiger partial charge in [-0.1, -0.05) is 38.3 Å². The quantitative estimate of drug-likeness (QED) is 0.793. The molecule has 1 amide bonds. The van der Waals surface area contributed by atoms with Crippen LogP contribution in [0.4, 0.5) is 0 Å². The summed E-state index contributed by atoms with van der Waals surface area (Å²) in [6.07, 6.45) is 7.26. The van der Waals surface area contributed by atoms with Gasteiger partial charge in [-0.15, -0.1) is 0 Å². The van der Waals surface area contributed by atoms with E-state index < -0.39 is 10.0 Å². The van der Waals surface area contributed by atoms with Crippen molar-refractivity contribution in [2.24, 2.45) is 11.8 Å². The summed E-state index contributed by atoms with van der Waals surface area (Å²) in [6, 6.07) is 7.53. The summed E-state index contributed by atoms with van der Waals surface area (Å²) in [5, 5.41) is 0. The largest absolute Gasteiger partial charge is 0.340 e. The van der Waals surface area contributed by atoms with E-state index in [4.69, 9.17) is 0 Å². The van der Waals surface area contributed by atoms with Crippen molar-refractivity contribution in [3.63, 3.8) is 0 Å². The fourth-order valence-corrected chi connectivity index (χ4v) is 5.97. The zero-order valence-electron chi connectivity index (χ0n) is 16.1. The molecular formula is C21H30N2O3S. The van der Waals surface area contributed by atoms with E-state index in [1.807, 2.05) is 17.0 Å². The Kier molecular flexibility index (Phi) is 5.30. The smallest absolute Gasteiger partial charge is 0.243 e. The van der Waals surface area contributed by atoms with Crippen molar-refractivity contribution in [2.45, 2.75) is 56.3 Å². The summed E-state index contributed by atoms with van der Waals surface area (Å²) in [5.74, 6) is 1.44. The van der Waals surface area contributed by atoms with Gasteiger partial charge in [0, 0.05) is 32.1 Å². The minimum absolute atomic E-state index is 0.167. The van der Waals surface area contributed by atoms with Crippen LogP contribution in [0.5, 0.6) is 0 Å². The van der Waals surface area contributed by atoms with Crippen LogP contribution in [-0.4, -0.2) is 49.7 Å².